The highest BCUT2D eigenvalue weighted by Crippen LogP contribution is 2.19. The quantitative estimate of drug-likeness (QED) is 0.857. The highest BCUT2D eigenvalue weighted by Gasteiger charge is 2.12. The summed E-state index contributed by atoms with van der Waals surface area (Å²) in [5.74, 6) is -0.0118. The van der Waals surface area contributed by atoms with Crippen LogP contribution < -0.4 is 0 Å². The van der Waals surface area contributed by atoms with E-state index in [1.54, 1.807) is 4.57 Å². The molecule has 1 N–H and O–H groups in total. The van der Waals surface area contributed by atoms with Crippen LogP contribution >= 0.6 is 0 Å². The largest absolute Gasteiger partial charge is 0.480 e. The molecule has 0 spiro atoms. The van der Waals surface area contributed by atoms with Gasteiger partial charge in [0.1, 0.15) is 12.4 Å². The fourth-order valence-corrected chi connectivity index (χ4v) is 1.92. The first-order chi connectivity index (χ1) is 7.63. The monoisotopic (exact) mass is 218 g/mol. The lowest BCUT2D eigenvalue weighted by Gasteiger charge is -2.03. The lowest BCUT2D eigenvalue weighted by atomic mass is 10.2. The number of nitrogens with zero attached hydrogens (tertiary/aromatic N) is 2. The summed E-state index contributed by atoms with van der Waals surface area (Å²) in [7, 11) is 0. The molecule has 2 aromatic rings. The van der Waals surface area contributed by atoms with E-state index in [1.165, 1.54) is 0 Å². The number of hydrogen-bond acceptors (Lipinski definition) is 2. The van der Waals surface area contributed by atoms with Gasteiger partial charge in [-0.15, -0.1) is 0 Å². The summed E-state index contributed by atoms with van der Waals surface area (Å²) in [4.78, 5) is 15.3. The summed E-state index contributed by atoms with van der Waals surface area (Å²) < 4.78 is 1.77. The van der Waals surface area contributed by atoms with Gasteiger partial charge >= 0.3 is 5.97 Å². The maximum Gasteiger partial charge on any atom is 0.323 e. The fraction of sp³-hybridized carbons (Fsp3) is 0.333. The van der Waals surface area contributed by atoms with E-state index >= 15 is 0 Å². The number of carboxylic acid groups (broad SMARTS) is 1. The van der Waals surface area contributed by atoms with Crippen LogP contribution in [0.25, 0.3) is 11.0 Å². The highest BCUT2D eigenvalue weighted by atomic mass is 16.4. The van der Waals surface area contributed by atoms with E-state index < -0.39 is 5.97 Å². The Morgan fingerprint density at radius 3 is 2.88 bits per heavy atom. The van der Waals surface area contributed by atoms with Crippen LogP contribution in [0.2, 0.25) is 0 Å². The number of rotatable bonds is 3. The zero-order valence-corrected chi connectivity index (χ0v) is 9.40. The number of aryl methyl sites for hydroxylation is 2. The fourth-order valence-electron chi connectivity index (χ4n) is 1.92. The van der Waals surface area contributed by atoms with Crippen molar-refractivity contribution in [2.45, 2.75) is 26.8 Å². The molecule has 1 aromatic carbocycles. The minimum atomic E-state index is -0.837. The van der Waals surface area contributed by atoms with Crippen molar-refractivity contribution < 1.29 is 9.90 Å². The van der Waals surface area contributed by atoms with E-state index in [-0.39, 0.29) is 6.54 Å². The normalized spacial score (nSPS) is 10.9. The standard InChI is InChI=1S/C12H14N2O2/c1-3-10-13-12-8(2)5-4-6-9(12)14(10)7-11(15)16/h4-6H,3,7H2,1-2H3,(H,15,16). The minimum Gasteiger partial charge on any atom is -0.480 e. The molecule has 0 bridgehead atoms. The van der Waals surface area contributed by atoms with Crippen LogP contribution in [0.3, 0.4) is 0 Å². The average molecular weight is 218 g/mol. The zero-order valence-electron chi connectivity index (χ0n) is 9.40. The molecule has 4 nitrogen and oxygen atoms in total. The smallest absolute Gasteiger partial charge is 0.323 e. The van der Waals surface area contributed by atoms with Crippen molar-refractivity contribution in [1.29, 1.82) is 0 Å². The first-order valence-electron chi connectivity index (χ1n) is 5.30. The van der Waals surface area contributed by atoms with Crippen LogP contribution in [0.15, 0.2) is 18.2 Å². The van der Waals surface area contributed by atoms with Gasteiger partial charge in [0.05, 0.1) is 11.0 Å². The molecular formula is C12H14N2O2. The molecule has 0 aliphatic rings. The average Bonchev–Trinajstić information content (AvgIpc) is 2.58. The number of carboxylic acids is 1. The van der Waals surface area contributed by atoms with Gasteiger partial charge in [-0.05, 0) is 18.6 Å². The van der Waals surface area contributed by atoms with E-state index in [0.717, 1.165) is 28.8 Å². The molecule has 2 rings (SSSR count). The van der Waals surface area contributed by atoms with Crippen LogP contribution in [0, 0.1) is 6.92 Å². The van der Waals surface area contributed by atoms with Crippen molar-refractivity contribution in [2.75, 3.05) is 0 Å². The van der Waals surface area contributed by atoms with Crippen LogP contribution in [-0.2, 0) is 17.8 Å². The van der Waals surface area contributed by atoms with Gasteiger partial charge < -0.3 is 9.67 Å². The number of fused-ring (bicyclic) bond motifs is 1. The van der Waals surface area contributed by atoms with Gasteiger partial charge in [-0.25, -0.2) is 4.98 Å². The van der Waals surface area contributed by atoms with Gasteiger partial charge in [-0.3, -0.25) is 4.79 Å². The van der Waals surface area contributed by atoms with Crippen LogP contribution in [0.1, 0.15) is 18.3 Å². The third-order valence-electron chi connectivity index (χ3n) is 2.67. The lowest BCUT2D eigenvalue weighted by Crippen LogP contribution is -2.11. The Balaban J connectivity index is 2.68. The number of para-hydroxylation sites is 1. The highest BCUT2D eigenvalue weighted by molar-refractivity contribution is 5.81. The number of aliphatic carboxylic acids is 1. The molecule has 0 fully saturated rings. The molecule has 0 aliphatic heterocycles. The number of imidazole rings is 1. The Labute approximate surface area is 93.5 Å². The van der Waals surface area contributed by atoms with E-state index in [9.17, 15) is 4.79 Å². The van der Waals surface area contributed by atoms with Gasteiger partial charge in [0.25, 0.3) is 0 Å². The molecule has 0 saturated heterocycles. The molecular weight excluding hydrogens is 204 g/mol. The van der Waals surface area contributed by atoms with Crippen LogP contribution in [0.4, 0.5) is 0 Å². The number of aromatic nitrogens is 2. The van der Waals surface area contributed by atoms with Crippen molar-refractivity contribution in [2.24, 2.45) is 0 Å². The predicted molar refractivity (Wildman–Crippen MR) is 61.5 cm³/mol. The van der Waals surface area contributed by atoms with Crippen molar-refractivity contribution in [3.63, 3.8) is 0 Å². The van der Waals surface area contributed by atoms with Crippen molar-refractivity contribution in [1.82, 2.24) is 9.55 Å². The summed E-state index contributed by atoms with van der Waals surface area (Å²) in [5, 5.41) is 8.89. The number of hydrogen-bond donors (Lipinski definition) is 1. The third-order valence-corrected chi connectivity index (χ3v) is 2.67. The zero-order chi connectivity index (χ0) is 11.7. The second kappa shape index (κ2) is 3.96. The SMILES string of the molecule is CCc1nc2c(C)cccc2n1CC(=O)O. The Kier molecular flexibility index (Phi) is 2.64. The Morgan fingerprint density at radius 1 is 1.50 bits per heavy atom. The molecule has 1 aromatic heterocycles. The molecule has 0 aliphatic carbocycles. The molecule has 84 valence electrons. The molecule has 0 unspecified atom stereocenters. The summed E-state index contributed by atoms with van der Waals surface area (Å²) in [5.41, 5.74) is 2.89. The van der Waals surface area contributed by atoms with Gasteiger partial charge in [0.2, 0.25) is 0 Å². The molecule has 0 amide bonds. The first-order valence-corrected chi connectivity index (χ1v) is 5.30. The van der Waals surface area contributed by atoms with E-state index in [2.05, 4.69) is 4.98 Å². The molecule has 0 radical (unpaired) electrons. The summed E-state index contributed by atoms with van der Waals surface area (Å²) in [6, 6.07) is 5.83. The predicted octanol–water partition coefficient (Wildman–Crippen LogP) is 1.99. The molecule has 1 heterocycles. The lowest BCUT2D eigenvalue weighted by molar-refractivity contribution is -0.137. The van der Waals surface area contributed by atoms with Crippen molar-refractivity contribution >= 4 is 17.0 Å². The number of carbonyl (C=O) groups is 1. The maximum absolute atomic E-state index is 10.8. The Morgan fingerprint density at radius 2 is 2.25 bits per heavy atom. The van der Waals surface area contributed by atoms with Crippen molar-refractivity contribution in [3.8, 4) is 0 Å². The van der Waals surface area contributed by atoms with Crippen molar-refractivity contribution in [3.05, 3.63) is 29.6 Å². The Bertz CT molecular complexity index is 543. The molecule has 0 atom stereocenters. The van der Waals surface area contributed by atoms with Crippen LogP contribution in [0.5, 0.6) is 0 Å². The van der Waals surface area contributed by atoms with E-state index in [0.29, 0.717) is 0 Å². The van der Waals surface area contributed by atoms with Gasteiger partial charge in [0, 0.05) is 6.42 Å². The molecule has 16 heavy (non-hydrogen) atoms. The minimum absolute atomic E-state index is 0.0247. The van der Waals surface area contributed by atoms with Gasteiger partial charge in [0.15, 0.2) is 0 Å². The Hall–Kier alpha value is -1.84. The summed E-state index contributed by atoms with van der Waals surface area (Å²) >= 11 is 0. The van der Waals surface area contributed by atoms with E-state index in [4.69, 9.17) is 5.11 Å². The summed E-state index contributed by atoms with van der Waals surface area (Å²) in [6.07, 6.45) is 0.737. The topological polar surface area (TPSA) is 55.1 Å². The molecule has 4 heteroatoms. The van der Waals surface area contributed by atoms with E-state index in [1.807, 2.05) is 32.0 Å². The second-order valence-electron chi connectivity index (χ2n) is 3.80. The number of benzene rings is 1. The maximum atomic E-state index is 10.8. The van der Waals surface area contributed by atoms with Crippen LogP contribution in [-0.4, -0.2) is 20.6 Å². The van der Waals surface area contributed by atoms with Gasteiger partial charge in [-0.1, -0.05) is 19.1 Å². The van der Waals surface area contributed by atoms with Gasteiger partial charge in [-0.2, -0.15) is 0 Å². The summed E-state index contributed by atoms with van der Waals surface area (Å²) in [6.45, 7) is 3.94. The first kappa shape index (κ1) is 10.7. The molecule has 0 saturated carbocycles. The third kappa shape index (κ3) is 1.66. The second-order valence-corrected chi connectivity index (χ2v) is 3.80.